The Hall–Kier alpha value is -1.41. The van der Waals surface area contributed by atoms with Crippen LogP contribution in [-0.4, -0.2) is 55.9 Å². The maximum atomic E-state index is 11.1. The smallest absolute Gasteiger partial charge is 0.136 e. The van der Waals surface area contributed by atoms with Gasteiger partial charge < -0.3 is 25.2 Å². The number of aliphatic hydroxyl groups excluding tert-OH is 3. The molecule has 2 unspecified atom stereocenters. The largest absolute Gasteiger partial charge is 0.390 e. The van der Waals surface area contributed by atoms with Crippen molar-refractivity contribution in [2.24, 2.45) is 0 Å². The first-order valence-electron chi connectivity index (χ1n) is 8.63. The Balaban J connectivity index is 1.57. The summed E-state index contributed by atoms with van der Waals surface area (Å²) in [6, 6.07) is 16.8. The van der Waals surface area contributed by atoms with Crippen molar-refractivity contribution in [1.29, 1.82) is 0 Å². The number of thioether (sulfide) groups is 1. The van der Waals surface area contributed by atoms with Gasteiger partial charge >= 0.3 is 0 Å². The molecule has 138 valence electrons. The van der Waals surface area contributed by atoms with E-state index in [9.17, 15) is 20.4 Å². The van der Waals surface area contributed by atoms with Crippen LogP contribution in [0.2, 0.25) is 0 Å². The molecule has 5 nitrogen and oxygen atoms in total. The third-order valence-electron chi connectivity index (χ3n) is 5.39. The van der Waals surface area contributed by atoms with Gasteiger partial charge in [-0.1, -0.05) is 59.8 Å². The van der Waals surface area contributed by atoms with Gasteiger partial charge in [-0.25, -0.2) is 0 Å². The molecule has 6 heteroatoms. The molecule has 1 saturated carbocycles. The lowest BCUT2D eigenvalue weighted by Gasteiger charge is -2.62. The molecular weight excluding hydrogens is 352 g/mol. The van der Waals surface area contributed by atoms with Gasteiger partial charge in [0.05, 0.1) is 6.10 Å². The molecule has 1 aliphatic carbocycles. The van der Waals surface area contributed by atoms with E-state index in [1.165, 1.54) is 11.8 Å². The molecule has 4 N–H and O–H groups in total. The minimum atomic E-state index is -1.72. The van der Waals surface area contributed by atoms with E-state index in [0.717, 1.165) is 10.5 Å². The van der Waals surface area contributed by atoms with Crippen molar-refractivity contribution in [3.05, 3.63) is 65.7 Å². The number of aryl methyl sites for hydroxylation is 1. The first-order chi connectivity index (χ1) is 12.4. The molecule has 4 rings (SSSR count). The summed E-state index contributed by atoms with van der Waals surface area (Å²) in [6.45, 7) is 1.98. The second-order valence-corrected chi connectivity index (χ2v) is 8.23. The molecule has 0 amide bonds. The summed E-state index contributed by atoms with van der Waals surface area (Å²) >= 11 is 1.27. The molecule has 7 atom stereocenters. The monoisotopic (exact) mass is 374 g/mol. The predicted molar refractivity (Wildman–Crippen MR) is 97.9 cm³/mol. The molecule has 2 aromatic carbocycles. The van der Waals surface area contributed by atoms with Gasteiger partial charge in [0.25, 0.3) is 0 Å². The van der Waals surface area contributed by atoms with Gasteiger partial charge in [0, 0.05) is 10.8 Å². The van der Waals surface area contributed by atoms with Crippen molar-refractivity contribution in [3.63, 3.8) is 0 Å². The lowest BCUT2D eigenvalue weighted by molar-refractivity contribution is -0.336. The van der Waals surface area contributed by atoms with E-state index >= 15 is 0 Å². The minimum absolute atomic E-state index is 0.705. The molecule has 0 aromatic heterocycles. The van der Waals surface area contributed by atoms with Gasteiger partial charge in [-0.05, 0) is 24.6 Å². The van der Waals surface area contributed by atoms with Crippen LogP contribution < -0.4 is 0 Å². The fraction of sp³-hybridized carbons (Fsp3) is 0.400. The van der Waals surface area contributed by atoms with Gasteiger partial charge in [-0.3, -0.25) is 0 Å². The second-order valence-electron chi connectivity index (χ2n) is 7.06. The fourth-order valence-electron chi connectivity index (χ4n) is 3.94. The van der Waals surface area contributed by atoms with Gasteiger partial charge in [0.1, 0.15) is 29.3 Å². The van der Waals surface area contributed by atoms with Crippen molar-refractivity contribution in [2.75, 3.05) is 0 Å². The quantitative estimate of drug-likeness (QED) is 0.650. The average molecular weight is 374 g/mol. The zero-order chi connectivity index (χ0) is 18.5. The van der Waals surface area contributed by atoms with E-state index in [1.54, 1.807) is 24.3 Å². The SMILES string of the molecule is Cc1ccc(S[C@@H]2O[C@@H]3C(O)C(c4ccccc4)[C@@]3(O)[C@H](O)[C@H]2O)cc1. The zero-order valence-electron chi connectivity index (χ0n) is 14.3. The van der Waals surface area contributed by atoms with Crippen LogP contribution in [0.5, 0.6) is 0 Å². The molecule has 1 heterocycles. The highest BCUT2D eigenvalue weighted by Crippen LogP contribution is 2.54. The van der Waals surface area contributed by atoms with Crippen molar-refractivity contribution in [3.8, 4) is 0 Å². The number of ether oxygens (including phenoxy) is 1. The van der Waals surface area contributed by atoms with Gasteiger partial charge in [-0.2, -0.15) is 0 Å². The Morgan fingerprint density at radius 2 is 1.58 bits per heavy atom. The van der Waals surface area contributed by atoms with E-state index in [1.807, 2.05) is 37.3 Å². The molecule has 26 heavy (non-hydrogen) atoms. The molecule has 2 fully saturated rings. The molecule has 0 radical (unpaired) electrons. The number of rotatable bonds is 3. The van der Waals surface area contributed by atoms with Gasteiger partial charge in [-0.15, -0.1) is 0 Å². The average Bonchev–Trinajstić information content (AvgIpc) is 2.65. The normalized spacial score (nSPS) is 39.1. The standard InChI is InChI=1S/C20H22O5S/c1-11-7-9-13(10-8-11)26-19-16(22)17(23)20(24)14(15(21)18(20)25-19)12-5-3-2-4-6-12/h2-10,14-19,21-24H,1H3/t14?,15?,16-,17-,18-,19+,20-/m1/s1. The Morgan fingerprint density at radius 3 is 2.23 bits per heavy atom. The molecule has 1 aliphatic heterocycles. The summed E-state index contributed by atoms with van der Waals surface area (Å²) in [6.07, 6.45) is -4.60. The summed E-state index contributed by atoms with van der Waals surface area (Å²) in [5.74, 6) is -0.705. The molecular formula is C20H22O5S. The summed E-state index contributed by atoms with van der Waals surface area (Å²) in [5.41, 5.74) is -0.665. The lowest BCUT2D eigenvalue weighted by atomic mass is 9.57. The number of benzene rings is 2. The summed E-state index contributed by atoms with van der Waals surface area (Å²) in [5, 5.41) is 42.8. The topological polar surface area (TPSA) is 90.2 Å². The van der Waals surface area contributed by atoms with Crippen molar-refractivity contribution < 1.29 is 25.2 Å². The summed E-state index contributed by atoms with van der Waals surface area (Å²) in [7, 11) is 0. The highest BCUT2D eigenvalue weighted by Gasteiger charge is 2.70. The first-order valence-corrected chi connectivity index (χ1v) is 9.51. The van der Waals surface area contributed by atoms with Crippen LogP contribution in [0.15, 0.2) is 59.5 Å². The Morgan fingerprint density at radius 1 is 0.923 bits per heavy atom. The van der Waals surface area contributed by atoms with Crippen LogP contribution in [0.25, 0.3) is 0 Å². The number of hydrogen-bond donors (Lipinski definition) is 4. The summed E-state index contributed by atoms with van der Waals surface area (Å²) in [4.78, 5) is 0.880. The molecule has 2 aliphatic rings. The number of aliphatic hydroxyl groups is 4. The van der Waals surface area contributed by atoms with Crippen LogP contribution >= 0.6 is 11.8 Å². The maximum Gasteiger partial charge on any atom is 0.136 e. The Kier molecular flexibility index (Phi) is 4.59. The van der Waals surface area contributed by atoms with Crippen LogP contribution in [0, 0.1) is 6.92 Å². The third-order valence-corrected chi connectivity index (χ3v) is 6.56. The van der Waals surface area contributed by atoms with Crippen molar-refractivity contribution in [1.82, 2.24) is 0 Å². The summed E-state index contributed by atoms with van der Waals surface area (Å²) < 4.78 is 5.82. The number of hydrogen-bond acceptors (Lipinski definition) is 6. The van der Waals surface area contributed by atoms with Gasteiger partial charge in [0.2, 0.25) is 0 Å². The lowest BCUT2D eigenvalue weighted by Crippen LogP contribution is -2.79. The number of fused-ring (bicyclic) bond motifs is 1. The van der Waals surface area contributed by atoms with E-state index in [2.05, 4.69) is 0 Å². The molecule has 0 spiro atoms. The van der Waals surface area contributed by atoms with Crippen LogP contribution in [-0.2, 0) is 4.74 Å². The molecule has 1 saturated heterocycles. The van der Waals surface area contributed by atoms with Crippen LogP contribution in [0.4, 0.5) is 0 Å². The van der Waals surface area contributed by atoms with E-state index in [-0.39, 0.29) is 0 Å². The maximum absolute atomic E-state index is 11.1. The van der Waals surface area contributed by atoms with Crippen LogP contribution in [0.3, 0.4) is 0 Å². The predicted octanol–water partition coefficient (Wildman–Crippen LogP) is 1.42. The molecule has 2 aromatic rings. The molecule has 0 bridgehead atoms. The van der Waals surface area contributed by atoms with E-state index in [4.69, 9.17) is 4.74 Å². The van der Waals surface area contributed by atoms with Crippen molar-refractivity contribution in [2.45, 2.75) is 53.2 Å². The fourth-order valence-corrected chi connectivity index (χ4v) is 4.97. The first kappa shape index (κ1) is 18.0. The Labute approximate surface area is 156 Å². The van der Waals surface area contributed by atoms with E-state index < -0.39 is 41.4 Å². The Bertz CT molecular complexity index is 764. The van der Waals surface area contributed by atoms with E-state index in [0.29, 0.717) is 5.56 Å². The zero-order valence-corrected chi connectivity index (χ0v) is 15.1. The highest BCUT2D eigenvalue weighted by molar-refractivity contribution is 7.99. The van der Waals surface area contributed by atoms with Crippen LogP contribution in [0.1, 0.15) is 17.0 Å². The van der Waals surface area contributed by atoms with Crippen molar-refractivity contribution >= 4 is 11.8 Å². The second kappa shape index (κ2) is 6.64. The van der Waals surface area contributed by atoms with Gasteiger partial charge in [0.15, 0.2) is 0 Å². The highest BCUT2D eigenvalue weighted by atomic mass is 32.2. The third kappa shape index (κ3) is 2.69. The minimum Gasteiger partial charge on any atom is -0.390 e.